The second kappa shape index (κ2) is 15.9. The van der Waals surface area contributed by atoms with E-state index in [2.05, 4.69) is 68.2 Å². The minimum Gasteiger partial charge on any atom is -0.450 e. The molecule has 1 aliphatic heterocycles. The maximum atomic E-state index is 13.9. The van der Waals surface area contributed by atoms with Gasteiger partial charge in [-0.25, -0.2) is 9.78 Å². The Balaban J connectivity index is 1.14. The lowest BCUT2D eigenvalue weighted by molar-refractivity contribution is -0.139. The highest BCUT2D eigenvalue weighted by atomic mass is 16.5. The number of benzene rings is 3. The number of fused-ring (bicyclic) bond motifs is 1. The first-order valence-corrected chi connectivity index (χ1v) is 17.4. The molecular formula is C39H45N7O4. The molecule has 3 amide bonds. The third kappa shape index (κ3) is 8.06. The summed E-state index contributed by atoms with van der Waals surface area (Å²) in [6.07, 6.45) is 3.25. The first-order chi connectivity index (χ1) is 24.3. The molecule has 0 spiro atoms. The standard InChI is InChI=1S/C39H45N7O4/c1-4-18-40-24-35-41-23-34(44-35)28-13-11-27(12-14-28)32-22-29-21-30(15-16-31(29)43-32)42-37(47)36-25(3)17-19-46(36)38(48)33(45-39(49)50-5-2)20-26-9-7-6-8-10-26/h6-16,21-23,25,33,36,40,43H,4-5,17-20,24H2,1-3H3,(H,41,44)(H,42,47)(H,45,49). The van der Waals surface area contributed by atoms with Crippen molar-refractivity contribution in [3.63, 3.8) is 0 Å². The third-order valence-corrected chi connectivity index (χ3v) is 9.14. The highest BCUT2D eigenvalue weighted by Crippen LogP contribution is 2.30. The molecule has 11 nitrogen and oxygen atoms in total. The summed E-state index contributed by atoms with van der Waals surface area (Å²) in [5, 5.41) is 10.1. The highest BCUT2D eigenvalue weighted by molar-refractivity contribution is 6.00. The molecular weight excluding hydrogens is 630 g/mol. The van der Waals surface area contributed by atoms with E-state index in [0.717, 1.165) is 57.8 Å². The van der Waals surface area contributed by atoms with Crippen LogP contribution < -0.4 is 16.0 Å². The summed E-state index contributed by atoms with van der Waals surface area (Å²) in [4.78, 5) is 53.1. The first kappa shape index (κ1) is 34.4. The number of carbonyl (C=O) groups is 3. The molecule has 1 saturated heterocycles. The first-order valence-electron chi connectivity index (χ1n) is 17.4. The fourth-order valence-corrected chi connectivity index (χ4v) is 6.55. The Morgan fingerprint density at radius 3 is 2.46 bits per heavy atom. The van der Waals surface area contributed by atoms with E-state index in [-0.39, 0.29) is 30.8 Å². The van der Waals surface area contributed by atoms with Gasteiger partial charge in [-0.2, -0.15) is 0 Å². The Hall–Kier alpha value is -5.42. The van der Waals surface area contributed by atoms with Crippen LogP contribution in [-0.2, 0) is 27.3 Å². The number of carbonyl (C=O) groups excluding carboxylic acids is 3. The van der Waals surface area contributed by atoms with Crippen molar-refractivity contribution in [3.05, 3.63) is 96.4 Å². The van der Waals surface area contributed by atoms with Crippen LogP contribution in [0.4, 0.5) is 10.5 Å². The van der Waals surface area contributed by atoms with Gasteiger partial charge < -0.3 is 35.6 Å². The molecule has 260 valence electrons. The van der Waals surface area contributed by atoms with E-state index >= 15 is 0 Å². The number of hydrogen-bond donors (Lipinski definition) is 5. The Bertz CT molecular complexity index is 1920. The molecule has 5 N–H and O–H groups in total. The van der Waals surface area contributed by atoms with Gasteiger partial charge in [0.25, 0.3) is 0 Å². The van der Waals surface area contributed by atoms with E-state index in [9.17, 15) is 14.4 Å². The number of ether oxygens (including phenoxy) is 1. The molecule has 1 fully saturated rings. The second-order valence-electron chi connectivity index (χ2n) is 12.8. The van der Waals surface area contributed by atoms with Gasteiger partial charge >= 0.3 is 6.09 Å². The van der Waals surface area contributed by atoms with Gasteiger partial charge in [-0.05, 0) is 73.2 Å². The number of likely N-dealkylation sites (tertiary alicyclic amines) is 1. The van der Waals surface area contributed by atoms with Crippen molar-refractivity contribution in [2.75, 3.05) is 25.0 Å². The average molecular weight is 676 g/mol. The lowest BCUT2D eigenvalue weighted by atomic mass is 10.0. The number of imidazole rings is 1. The second-order valence-corrected chi connectivity index (χ2v) is 12.8. The fourth-order valence-electron chi connectivity index (χ4n) is 6.55. The van der Waals surface area contributed by atoms with Crippen LogP contribution in [0, 0.1) is 5.92 Å². The van der Waals surface area contributed by atoms with Crippen molar-refractivity contribution in [2.24, 2.45) is 5.92 Å². The number of H-pyrrole nitrogens is 2. The Labute approximate surface area is 292 Å². The zero-order chi connectivity index (χ0) is 35.0. The minimum absolute atomic E-state index is 0.0597. The normalized spacial score (nSPS) is 16.3. The summed E-state index contributed by atoms with van der Waals surface area (Å²) in [7, 11) is 0. The maximum Gasteiger partial charge on any atom is 0.407 e. The van der Waals surface area contributed by atoms with Crippen LogP contribution in [0.15, 0.2) is 85.1 Å². The van der Waals surface area contributed by atoms with Crippen LogP contribution in [0.25, 0.3) is 33.4 Å². The van der Waals surface area contributed by atoms with Crippen molar-refractivity contribution in [3.8, 4) is 22.5 Å². The van der Waals surface area contributed by atoms with E-state index in [4.69, 9.17) is 4.74 Å². The third-order valence-electron chi connectivity index (χ3n) is 9.14. The van der Waals surface area contributed by atoms with Crippen LogP contribution in [0.2, 0.25) is 0 Å². The van der Waals surface area contributed by atoms with Crippen LogP contribution >= 0.6 is 0 Å². The van der Waals surface area contributed by atoms with E-state index < -0.39 is 18.2 Å². The van der Waals surface area contributed by atoms with Crippen molar-refractivity contribution in [1.82, 2.24) is 30.5 Å². The Kier molecular flexibility index (Phi) is 10.9. The maximum absolute atomic E-state index is 13.9. The summed E-state index contributed by atoms with van der Waals surface area (Å²) in [5.74, 6) is 0.290. The molecule has 1 aliphatic rings. The number of nitrogens with zero attached hydrogens (tertiary/aromatic N) is 2. The Morgan fingerprint density at radius 2 is 1.72 bits per heavy atom. The van der Waals surface area contributed by atoms with Gasteiger partial charge in [0.05, 0.1) is 25.0 Å². The SMILES string of the molecule is CCCNCc1ncc(-c2ccc(-c3cc4cc(NC(=O)C5C(C)CCN5C(=O)C(Cc5ccccc5)NC(=O)OCC)ccc4[nH]3)cc2)[nH]1. The predicted molar refractivity (Wildman–Crippen MR) is 195 cm³/mol. The van der Waals surface area contributed by atoms with Crippen LogP contribution in [0.3, 0.4) is 0 Å². The molecule has 2 aromatic heterocycles. The van der Waals surface area contributed by atoms with Crippen molar-refractivity contribution in [2.45, 2.75) is 58.7 Å². The number of hydrogen-bond acceptors (Lipinski definition) is 6. The van der Waals surface area contributed by atoms with Gasteiger partial charge in [0, 0.05) is 35.2 Å². The molecule has 3 aromatic carbocycles. The summed E-state index contributed by atoms with van der Waals surface area (Å²) in [6.45, 7) is 8.11. The summed E-state index contributed by atoms with van der Waals surface area (Å²) in [6, 6.07) is 24.1. The monoisotopic (exact) mass is 675 g/mol. The van der Waals surface area contributed by atoms with Crippen molar-refractivity contribution in [1.29, 1.82) is 0 Å². The molecule has 0 aliphatic carbocycles. The number of nitrogens with one attached hydrogen (secondary N) is 5. The number of amides is 3. The van der Waals surface area contributed by atoms with Crippen LogP contribution in [-0.4, -0.2) is 69.5 Å². The lowest BCUT2D eigenvalue weighted by Gasteiger charge is -2.30. The largest absolute Gasteiger partial charge is 0.450 e. The van der Waals surface area contributed by atoms with Gasteiger partial charge in [-0.15, -0.1) is 0 Å². The van der Waals surface area contributed by atoms with Gasteiger partial charge in [0.1, 0.15) is 17.9 Å². The number of anilines is 1. The minimum atomic E-state index is -0.870. The average Bonchev–Trinajstić information content (AvgIpc) is 3.87. The van der Waals surface area contributed by atoms with Gasteiger partial charge in [-0.1, -0.05) is 68.4 Å². The molecule has 3 unspecified atom stereocenters. The molecule has 0 radical (unpaired) electrons. The molecule has 3 heterocycles. The van der Waals surface area contributed by atoms with Crippen molar-refractivity contribution >= 4 is 34.5 Å². The van der Waals surface area contributed by atoms with Crippen molar-refractivity contribution < 1.29 is 19.1 Å². The van der Waals surface area contributed by atoms with Crippen LogP contribution in [0.1, 0.15) is 45.0 Å². The number of alkyl carbamates (subject to hydrolysis) is 1. The topological polar surface area (TPSA) is 144 Å². The molecule has 0 bridgehead atoms. The van der Waals surface area contributed by atoms with E-state index in [0.29, 0.717) is 25.2 Å². The molecule has 6 rings (SSSR count). The summed E-state index contributed by atoms with van der Waals surface area (Å²) < 4.78 is 5.09. The highest BCUT2D eigenvalue weighted by Gasteiger charge is 2.42. The van der Waals surface area contributed by atoms with Gasteiger partial charge in [-0.3, -0.25) is 9.59 Å². The summed E-state index contributed by atoms with van der Waals surface area (Å²) in [5.41, 5.74) is 6.51. The number of aromatic nitrogens is 3. The quantitative estimate of drug-likeness (QED) is 0.0933. The molecule has 5 aromatic rings. The summed E-state index contributed by atoms with van der Waals surface area (Å²) >= 11 is 0. The lowest BCUT2D eigenvalue weighted by Crippen LogP contribution is -2.54. The van der Waals surface area contributed by atoms with Gasteiger partial charge in [0.2, 0.25) is 11.8 Å². The zero-order valence-electron chi connectivity index (χ0n) is 28.8. The molecule has 0 saturated carbocycles. The number of aromatic amines is 2. The molecule has 11 heteroatoms. The molecule has 3 atom stereocenters. The molecule has 50 heavy (non-hydrogen) atoms. The Morgan fingerprint density at radius 1 is 0.960 bits per heavy atom. The zero-order valence-corrected chi connectivity index (χ0v) is 28.8. The number of rotatable bonds is 13. The smallest absolute Gasteiger partial charge is 0.407 e. The van der Waals surface area contributed by atoms with Crippen LogP contribution in [0.5, 0.6) is 0 Å². The van der Waals surface area contributed by atoms with E-state index in [1.165, 1.54) is 0 Å². The van der Waals surface area contributed by atoms with Gasteiger partial charge in [0.15, 0.2) is 0 Å². The van der Waals surface area contributed by atoms with E-state index in [1.807, 2.05) is 61.7 Å². The predicted octanol–water partition coefficient (Wildman–Crippen LogP) is 6.26. The van der Waals surface area contributed by atoms with E-state index in [1.54, 1.807) is 11.8 Å². The fraction of sp³-hybridized carbons (Fsp3) is 0.333.